The Morgan fingerprint density at radius 2 is 1.93 bits per heavy atom. The van der Waals surface area contributed by atoms with Gasteiger partial charge < -0.3 is 4.74 Å². The Labute approximate surface area is 180 Å². The van der Waals surface area contributed by atoms with Gasteiger partial charge in [0.1, 0.15) is 5.75 Å². The van der Waals surface area contributed by atoms with Gasteiger partial charge in [-0.3, -0.25) is 14.7 Å². The van der Waals surface area contributed by atoms with Crippen molar-refractivity contribution in [3.05, 3.63) is 83.2 Å². The van der Waals surface area contributed by atoms with Gasteiger partial charge in [-0.25, -0.2) is 4.98 Å². The van der Waals surface area contributed by atoms with Crippen LogP contribution in [0.1, 0.15) is 34.0 Å². The van der Waals surface area contributed by atoms with Crippen molar-refractivity contribution in [2.45, 2.75) is 27.3 Å². The summed E-state index contributed by atoms with van der Waals surface area (Å²) in [5, 5.41) is 0.682. The second-order valence-corrected chi connectivity index (χ2v) is 8.14. The van der Waals surface area contributed by atoms with Crippen molar-refractivity contribution in [3.8, 4) is 5.75 Å². The van der Waals surface area contributed by atoms with E-state index in [1.165, 1.54) is 16.9 Å². The first-order valence-corrected chi connectivity index (χ1v) is 10.7. The van der Waals surface area contributed by atoms with E-state index in [0.29, 0.717) is 23.8 Å². The lowest BCUT2D eigenvalue weighted by Gasteiger charge is -2.20. The van der Waals surface area contributed by atoms with E-state index in [1.54, 1.807) is 29.4 Å². The fourth-order valence-electron chi connectivity index (χ4n) is 3.39. The second-order valence-electron chi connectivity index (χ2n) is 7.13. The van der Waals surface area contributed by atoms with Crippen molar-refractivity contribution < 1.29 is 9.53 Å². The van der Waals surface area contributed by atoms with Crippen LogP contribution in [0.4, 0.5) is 5.13 Å². The molecular formula is C24H23N3O2S. The number of nitrogens with zero attached hydrogens (tertiary/aromatic N) is 3. The van der Waals surface area contributed by atoms with E-state index in [4.69, 9.17) is 9.72 Å². The predicted octanol–water partition coefficient (Wildman–Crippen LogP) is 5.55. The highest BCUT2D eigenvalue weighted by Crippen LogP contribution is 2.33. The number of amides is 1. The number of anilines is 1. The number of rotatable bonds is 6. The van der Waals surface area contributed by atoms with Crippen molar-refractivity contribution in [2.75, 3.05) is 11.5 Å². The quantitative estimate of drug-likeness (QED) is 0.412. The van der Waals surface area contributed by atoms with Crippen LogP contribution in [0.5, 0.6) is 5.75 Å². The lowest BCUT2D eigenvalue weighted by atomic mass is 10.1. The molecule has 0 spiro atoms. The Balaban J connectivity index is 1.74. The molecule has 0 aliphatic carbocycles. The Morgan fingerprint density at radius 3 is 2.63 bits per heavy atom. The topological polar surface area (TPSA) is 55.3 Å². The SMILES string of the molecule is CCOc1ccc(C(=O)N(Cc2cccnc2)c2nc3c(C)cc(C)cc3s2)cc1. The predicted molar refractivity (Wildman–Crippen MR) is 121 cm³/mol. The molecule has 0 N–H and O–H groups in total. The van der Waals surface area contributed by atoms with Crippen LogP contribution in [0.25, 0.3) is 10.2 Å². The number of carbonyl (C=O) groups is 1. The number of pyridine rings is 1. The molecule has 0 aliphatic heterocycles. The zero-order chi connectivity index (χ0) is 21.1. The molecule has 0 aliphatic rings. The minimum Gasteiger partial charge on any atom is -0.494 e. The molecule has 2 aromatic heterocycles. The Kier molecular flexibility index (Phi) is 5.77. The summed E-state index contributed by atoms with van der Waals surface area (Å²) in [7, 11) is 0. The highest BCUT2D eigenvalue weighted by atomic mass is 32.1. The summed E-state index contributed by atoms with van der Waals surface area (Å²) in [5.74, 6) is 0.647. The minimum atomic E-state index is -0.102. The molecule has 0 saturated heterocycles. The lowest BCUT2D eigenvalue weighted by molar-refractivity contribution is 0.0985. The summed E-state index contributed by atoms with van der Waals surface area (Å²) in [4.78, 5) is 24.2. The zero-order valence-electron chi connectivity index (χ0n) is 17.3. The van der Waals surface area contributed by atoms with Crippen molar-refractivity contribution >= 4 is 32.6 Å². The van der Waals surface area contributed by atoms with E-state index in [9.17, 15) is 4.79 Å². The molecule has 5 nitrogen and oxygen atoms in total. The van der Waals surface area contributed by atoms with Crippen molar-refractivity contribution in [1.82, 2.24) is 9.97 Å². The molecule has 0 unspecified atom stereocenters. The summed E-state index contributed by atoms with van der Waals surface area (Å²) >= 11 is 1.54. The van der Waals surface area contributed by atoms with Gasteiger partial charge in [0.25, 0.3) is 5.91 Å². The first-order chi connectivity index (χ1) is 14.5. The number of thiazole rings is 1. The number of benzene rings is 2. The van der Waals surface area contributed by atoms with Crippen LogP contribution in [0.2, 0.25) is 0 Å². The third kappa shape index (κ3) is 4.19. The van der Waals surface area contributed by atoms with E-state index in [-0.39, 0.29) is 5.91 Å². The number of aromatic nitrogens is 2. The van der Waals surface area contributed by atoms with Gasteiger partial charge in [-0.05, 0) is 73.9 Å². The van der Waals surface area contributed by atoms with Crippen molar-refractivity contribution in [1.29, 1.82) is 0 Å². The third-order valence-corrected chi connectivity index (χ3v) is 5.80. The zero-order valence-corrected chi connectivity index (χ0v) is 18.1. The maximum Gasteiger partial charge on any atom is 0.260 e. The maximum absolute atomic E-state index is 13.5. The number of carbonyl (C=O) groups excluding carboxylic acids is 1. The van der Waals surface area contributed by atoms with E-state index in [0.717, 1.165) is 27.1 Å². The summed E-state index contributed by atoms with van der Waals surface area (Å²) in [5.41, 5.74) is 4.78. The van der Waals surface area contributed by atoms with Gasteiger partial charge >= 0.3 is 0 Å². The maximum atomic E-state index is 13.5. The minimum absolute atomic E-state index is 0.102. The molecule has 0 radical (unpaired) electrons. The molecule has 0 fully saturated rings. The summed E-state index contributed by atoms with van der Waals surface area (Å²) in [6.45, 7) is 7.05. The Morgan fingerprint density at radius 1 is 1.13 bits per heavy atom. The van der Waals surface area contributed by atoms with Crippen LogP contribution in [-0.4, -0.2) is 22.5 Å². The van der Waals surface area contributed by atoms with Crippen LogP contribution < -0.4 is 9.64 Å². The monoisotopic (exact) mass is 417 g/mol. The average Bonchev–Trinajstić information content (AvgIpc) is 3.17. The molecule has 0 saturated carbocycles. The molecule has 152 valence electrons. The van der Waals surface area contributed by atoms with Gasteiger partial charge in [-0.2, -0.15) is 0 Å². The number of hydrogen-bond donors (Lipinski definition) is 0. The molecule has 6 heteroatoms. The normalized spacial score (nSPS) is 10.9. The molecule has 1 amide bonds. The number of hydrogen-bond acceptors (Lipinski definition) is 5. The van der Waals surface area contributed by atoms with Gasteiger partial charge in [-0.1, -0.05) is 23.5 Å². The standard InChI is InChI=1S/C24H23N3O2S/c1-4-29-20-9-7-19(8-10-20)23(28)27(15-18-6-5-11-25-14-18)24-26-22-17(3)12-16(2)13-21(22)30-24/h5-14H,4,15H2,1-3H3. The second kappa shape index (κ2) is 8.63. The number of ether oxygens (including phenoxy) is 1. The first-order valence-electron chi connectivity index (χ1n) is 9.86. The smallest absolute Gasteiger partial charge is 0.260 e. The number of fused-ring (bicyclic) bond motifs is 1. The van der Waals surface area contributed by atoms with Gasteiger partial charge in [0.15, 0.2) is 5.13 Å². The van der Waals surface area contributed by atoms with Gasteiger partial charge in [0.2, 0.25) is 0 Å². The lowest BCUT2D eigenvalue weighted by Crippen LogP contribution is -2.30. The van der Waals surface area contributed by atoms with E-state index >= 15 is 0 Å². The van der Waals surface area contributed by atoms with Gasteiger partial charge in [0.05, 0.1) is 23.4 Å². The van der Waals surface area contributed by atoms with Crippen LogP contribution in [-0.2, 0) is 6.54 Å². The van der Waals surface area contributed by atoms with E-state index < -0.39 is 0 Å². The molecular weight excluding hydrogens is 394 g/mol. The highest BCUT2D eigenvalue weighted by molar-refractivity contribution is 7.22. The Hall–Kier alpha value is -3.25. The molecule has 30 heavy (non-hydrogen) atoms. The fraction of sp³-hybridized carbons (Fsp3) is 0.208. The van der Waals surface area contributed by atoms with Crippen LogP contribution in [0.15, 0.2) is 60.9 Å². The molecule has 4 aromatic rings. The van der Waals surface area contributed by atoms with Crippen molar-refractivity contribution in [2.24, 2.45) is 0 Å². The molecule has 2 heterocycles. The molecule has 4 rings (SSSR count). The largest absolute Gasteiger partial charge is 0.494 e. The van der Waals surface area contributed by atoms with Gasteiger partial charge in [0, 0.05) is 18.0 Å². The summed E-state index contributed by atoms with van der Waals surface area (Å²) in [6, 6.07) is 15.3. The van der Waals surface area contributed by atoms with Crippen LogP contribution in [0, 0.1) is 13.8 Å². The number of aryl methyl sites for hydroxylation is 2. The summed E-state index contributed by atoms with van der Waals surface area (Å²) in [6.07, 6.45) is 3.51. The van der Waals surface area contributed by atoms with Gasteiger partial charge in [-0.15, -0.1) is 0 Å². The van der Waals surface area contributed by atoms with Crippen molar-refractivity contribution in [3.63, 3.8) is 0 Å². The highest BCUT2D eigenvalue weighted by Gasteiger charge is 2.22. The average molecular weight is 418 g/mol. The molecule has 2 aromatic carbocycles. The fourth-order valence-corrected chi connectivity index (χ4v) is 4.53. The molecule has 0 bridgehead atoms. The van der Waals surface area contributed by atoms with E-state index in [1.807, 2.05) is 31.2 Å². The van der Waals surface area contributed by atoms with Crippen LogP contribution >= 0.6 is 11.3 Å². The molecule has 0 atom stereocenters. The van der Waals surface area contributed by atoms with E-state index in [2.05, 4.69) is 31.0 Å². The first kappa shape index (κ1) is 20.0. The Bertz CT molecular complexity index is 1170. The van der Waals surface area contributed by atoms with Crippen LogP contribution in [0.3, 0.4) is 0 Å². The summed E-state index contributed by atoms with van der Waals surface area (Å²) < 4.78 is 6.58. The third-order valence-electron chi connectivity index (χ3n) is 4.77.